The average molecular weight is 403 g/mol. The fourth-order valence-electron chi connectivity index (χ4n) is 3.44. The highest BCUT2D eigenvalue weighted by atomic mass is 32.2. The van der Waals surface area contributed by atoms with E-state index in [0.717, 1.165) is 16.8 Å². The van der Waals surface area contributed by atoms with Gasteiger partial charge < -0.3 is 10.1 Å². The third kappa shape index (κ3) is 4.36. The van der Waals surface area contributed by atoms with E-state index in [1.807, 2.05) is 32.0 Å². The number of ether oxygens (including phenoxy) is 1. The van der Waals surface area contributed by atoms with Gasteiger partial charge in [-0.2, -0.15) is 4.31 Å². The first-order valence-corrected chi connectivity index (χ1v) is 10.8. The van der Waals surface area contributed by atoms with E-state index in [4.69, 9.17) is 4.74 Å². The third-order valence-corrected chi connectivity index (χ3v) is 7.07. The quantitative estimate of drug-likeness (QED) is 0.832. The van der Waals surface area contributed by atoms with Crippen LogP contribution in [0.1, 0.15) is 24.0 Å². The number of carbonyl (C=O) groups is 1. The Kier molecular flexibility index (Phi) is 6.05. The summed E-state index contributed by atoms with van der Waals surface area (Å²) in [6.07, 6.45) is 1.01. The molecule has 1 amide bonds. The molecule has 1 fully saturated rings. The molecule has 1 aliphatic heterocycles. The van der Waals surface area contributed by atoms with Crippen LogP contribution in [0.25, 0.3) is 0 Å². The van der Waals surface area contributed by atoms with E-state index in [0.29, 0.717) is 31.7 Å². The van der Waals surface area contributed by atoms with Gasteiger partial charge >= 0.3 is 0 Å². The molecule has 0 bridgehead atoms. The SMILES string of the molecule is COc1ccc(S(=O)(=O)N2CCC(C(=O)Nc3ccc(C)cc3C)CC2)cc1. The maximum atomic E-state index is 12.8. The van der Waals surface area contributed by atoms with Crippen LogP contribution in [0.2, 0.25) is 0 Å². The number of sulfonamides is 1. The Bertz CT molecular complexity index is 947. The molecule has 0 aliphatic carbocycles. The summed E-state index contributed by atoms with van der Waals surface area (Å²) in [6.45, 7) is 4.64. The van der Waals surface area contributed by atoms with Crippen LogP contribution in [0, 0.1) is 19.8 Å². The predicted octanol–water partition coefficient (Wildman–Crippen LogP) is 3.35. The van der Waals surface area contributed by atoms with Crippen molar-refractivity contribution in [3.05, 3.63) is 53.6 Å². The molecule has 0 atom stereocenters. The maximum absolute atomic E-state index is 12.8. The van der Waals surface area contributed by atoms with Crippen LogP contribution in [0.15, 0.2) is 47.4 Å². The molecular formula is C21H26N2O4S. The second-order valence-corrected chi connectivity index (χ2v) is 9.10. The number of anilines is 1. The van der Waals surface area contributed by atoms with Gasteiger partial charge in [-0.15, -0.1) is 0 Å². The summed E-state index contributed by atoms with van der Waals surface area (Å²) < 4.78 is 32.2. The van der Waals surface area contributed by atoms with Crippen LogP contribution < -0.4 is 10.1 Å². The van der Waals surface area contributed by atoms with Gasteiger partial charge in [0.15, 0.2) is 0 Å². The molecule has 1 saturated heterocycles. The monoisotopic (exact) mass is 402 g/mol. The topological polar surface area (TPSA) is 75.7 Å². The third-order valence-electron chi connectivity index (χ3n) is 5.16. The first kappa shape index (κ1) is 20.4. The molecule has 0 saturated carbocycles. The molecule has 2 aromatic carbocycles. The molecule has 28 heavy (non-hydrogen) atoms. The van der Waals surface area contributed by atoms with Gasteiger partial charge in [0.05, 0.1) is 12.0 Å². The van der Waals surface area contributed by atoms with Crippen LogP contribution >= 0.6 is 0 Å². The fourth-order valence-corrected chi connectivity index (χ4v) is 4.91. The summed E-state index contributed by atoms with van der Waals surface area (Å²) in [5, 5.41) is 2.98. The molecule has 0 aromatic heterocycles. The molecule has 1 N–H and O–H groups in total. The molecule has 1 aliphatic rings. The maximum Gasteiger partial charge on any atom is 0.243 e. The van der Waals surface area contributed by atoms with E-state index >= 15 is 0 Å². The van der Waals surface area contributed by atoms with Crippen molar-refractivity contribution in [2.75, 3.05) is 25.5 Å². The number of hydrogen-bond donors (Lipinski definition) is 1. The number of hydrogen-bond acceptors (Lipinski definition) is 4. The van der Waals surface area contributed by atoms with Crippen LogP contribution in [-0.2, 0) is 14.8 Å². The summed E-state index contributed by atoms with van der Waals surface area (Å²) in [7, 11) is -2.02. The highest BCUT2D eigenvalue weighted by Gasteiger charge is 2.32. The van der Waals surface area contributed by atoms with Crippen molar-refractivity contribution >= 4 is 21.6 Å². The summed E-state index contributed by atoms with van der Waals surface area (Å²) in [6, 6.07) is 12.3. The second-order valence-electron chi connectivity index (χ2n) is 7.16. The fraction of sp³-hybridized carbons (Fsp3) is 0.381. The minimum absolute atomic E-state index is 0.0477. The van der Waals surface area contributed by atoms with Gasteiger partial charge in [-0.1, -0.05) is 17.7 Å². The van der Waals surface area contributed by atoms with E-state index in [9.17, 15) is 13.2 Å². The molecule has 3 rings (SSSR count). The van der Waals surface area contributed by atoms with Crippen LogP contribution in [-0.4, -0.2) is 38.8 Å². The first-order valence-electron chi connectivity index (χ1n) is 9.33. The van der Waals surface area contributed by atoms with E-state index in [1.54, 1.807) is 24.3 Å². The van der Waals surface area contributed by atoms with E-state index in [-0.39, 0.29) is 16.7 Å². The lowest BCUT2D eigenvalue weighted by Crippen LogP contribution is -2.41. The van der Waals surface area contributed by atoms with Crippen LogP contribution in [0.3, 0.4) is 0 Å². The van der Waals surface area contributed by atoms with Gasteiger partial charge in [0.2, 0.25) is 15.9 Å². The Hall–Kier alpha value is -2.38. The lowest BCUT2D eigenvalue weighted by Gasteiger charge is -2.30. The van der Waals surface area contributed by atoms with E-state index in [1.165, 1.54) is 11.4 Å². The first-order chi connectivity index (χ1) is 13.3. The number of amides is 1. The number of methoxy groups -OCH3 is 1. The second kappa shape index (κ2) is 8.32. The highest BCUT2D eigenvalue weighted by molar-refractivity contribution is 7.89. The Balaban J connectivity index is 1.62. The summed E-state index contributed by atoms with van der Waals surface area (Å²) in [5.41, 5.74) is 2.98. The number of benzene rings is 2. The summed E-state index contributed by atoms with van der Waals surface area (Å²) in [4.78, 5) is 12.9. The lowest BCUT2D eigenvalue weighted by atomic mass is 9.97. The van der Waals surface area contributed by atoms with Crippen molar-refractivity contribution < 1.29 is 17.9 Å². The molecule has 2 aromatic rings. The average Bonchev–Trinajstić information content (AvgIpc) is 2.70. The van der Waals surface area contributed by atoms with Crippen LogP contribution in [0.5, 0.6) is 5.75 Å². The Morgan fingerprint density at radius 1 is 1.07 bits per heavy atom. The van der Waals surface area contributed by atoms with Gasteiger partial charge in [0, 0.05) is 24.7 Å². The predicted molar refractivity (Wildman–Crippen MR) is 109 cm³/mol. The van der Waals surface area contributed by atoms with E-state index in [2.05, 4.69) is 5.32 Å². The van der Waals surface area contributed by atoms with Gasteiger partial charge in [0.25, 0.3) is 0 Å². The molecule has 150 valence electrons. The minimum Gasteiger partial charge on any atom is -0.497 e. The zero-order chi connectivity index (χ0) is 20.3. The van der Waals surface area contributed by atoms with Gasteiger partial charge in [-0.25, -0.2) is 8.42 Å². The zero-order valence-electron chi connectivity index (χ0n) is 16.4. The Labute approximate surface area is 166 Å². The normalized spacial score (nSPS) is 16.0. The lowest BCUT2D eigenvalue weighted by molar-refractivity contribution is -0.120. The smallest absolute Gasteiger partial charge is 0.243 e. The highest BCUT2D eigenvalue weighted by Crippen LogP contribution is 2.26. The molecule has 6 nitrogen and oxygen atoms in total. The number of piperidine rings is 1. The molecule has 0 radical (unpaired) electrons. The minimum atomic E-state index is -3.56. The number of rotatable bonds is 5. The molecular weight excluding hydrogens is 376 g/mol. The van der Waals surface area contributed by atoms with Gasteiger partial charge in [-0.3, -0.25) is 4.79 Å². The van der Waals surface area contributed by atoms with Crippen molar-refractivity contribution in [1.82, 2.24) is 4.31 Å². The summed E-state index contributed by atoms with van der Waals surface area (Å²) >= 11 is 0. The number of nitrogens with one attached hydrogen (secondary N) is 1. The molecule has 1 heterocycles. The van der Waals surface area contributed by atoms with Crippen molar-refractivity contribution in [2.45, 2.75) is 31.6 Å². The number of carbonyl (C=O) groups excluding carboxylic acids is 1. The van der Waals surface area contributed by atoms with Crippen molar-refractivity contribution in [1.29, 1.82) is 0 Å². The zero-order valence-corrected chi connectivity index (χ0v) is 17.3. The largest absolute Gasteiger partial charge is 0.497 e. The van der Waals surface area contributed by atoms with Gasteiger partial charge in [-0.05, 0) is 62.6 Å². The van der Waals surface area contributed by atoms with Crippen molar-refractivity contribution in [3.8, 4) is 5.75 Å². The molecule has 7 heteroatoms. The van der Waals surface area contributed by atoms with Gasteiger partial charge in [0.1, 0.15) is 5.75 Å². The van der Waals surface area contributed by atoms with Crippen molar-refractivity contribution in [3.63, 3.8) is 0 Å². The standard InChI is InChI=1S/C21H26N2O4S/c1-15-4-9-20(16(2)14-15)22-21(24)17-10-12-23(13-11-17)28(25,26)19-7-5-18(27-3)6-8-19/h4-9,14,17H,10-13H2,1-3H3,(H,22,24). The van der Waals surface area contributed by atoms with E-state index < -0.39 is 10.0 Å². The van der Waals surface area contributed by atoms with Crippen molar-refractivity contribution in [2.24, 2.45) is 5.92 Å². The Morgan fingerprint density at radius 2 is 1.71 bits per heavy atom. The summed E-state index contributed by atoms with van der Waals surface area (Å²) in [5.74, 6) is 0.372. The number of aryl methyl sites for hydroxylation is 2. The molecule has 0 unspecified atom stereocenters. The molecule has 0 spiro atoms. The van der Waals surface area contributed by atoms with Crippen LogP contribution in [0.4, 0.5) is 5.69 Å². The Morgan fingerprint density at radius 3 is 2.29 bits per heavy atom. The number of nitrogens with zero attached hydrogens (tertiary/aromatic N) is 1.